The molecule has 2 aliphatic rings. The van der Waals surface area contributed by atoms with E-state index in [1.807, 2.05) is 29.2 Å². The minimum atomic E-state index is -3.12. The highest BCUT2D eigenvalue weighted by Crippen LogP contribution is 2.30. The molecule has 3 rings (SSSR count). The average Bonchev–Trinajstić information content (AvgIpc) is 2.92. The van der Waals surface area contributed by atoms with Gasteiger partial charge in [0.05, 0.1) is 18.4 Å². The fraction of sp³-hybridized carbons (Fsp3) is 0.526. The SMILES string of the molecule is COc1ccc(N2CCN(C(=O)CC3C=CS(=O)(=O)C3)CC2(C)C)cc1. The fourth-order valence-electron chi connectivity index (χ4n) is 3.73. The number of anilines is 1. The van der Waals surface area contributed by atoms with Crippen molar-refractivity contribution in [3.8, 4) is 5.75 Å². The van der Waals surface area contributed by atoms with Crippen molar-refractivity contribution in [2.45, 2.75) is 25.8 Å². The molecular formula is C19H26N2O4S. The Balaban J connectivity index is 1.64. The van der Waals surface area contributed by atoms with E-state index >= 15 is 0 Å². The first kappa shape index (κ1) is 18.8. The monoisotopic (exact) mass is 378 g/mol. The van der Waals surface area contributed by atoms with E-state index in [1.165, 1.54) is 5.41 Å². The third kappa shape index (κ3) is 4.03. The number of hydrogen-bond donors (Lipinski definition) is 0. The van der Waals surface area contributed by atoms with Crippen LogP contribution >= 0.6 is 0 Å². The molecule has 0 spiro atoms. The Morgan fingerprint density at radius 1 is 1.23 bits per heavy atom. The summed E-state index contributed by atoms with van der Waals surface area (Å²) in [5.41, 5.74) is 0.896. The van der Waals surface area contributed by atoms with Crippen molar-refractivity contribution in [2.24, 2.45) is 5.92 Å². The molecule has 0 saturated carbocycles. The van der Waals surface area contributed by atoms with Crippen molar-refractivity contribution in [3.63, 3.8) is 0 Å². The summed E-state index contributed by atoms with van der Waals surface area (Å²) >= 11 is 0. The van der Waals surface area contributed by atoms with Crippen LogP contribution in [0.25, 0.3) is 0 Å². The molecular weight excluding hydrogens is 352 g/mol. The largest absolute Gasteiger partial charge is 0.497 e. The number of allylic oxidation sites excluding steroid dienone is 1. The molecule has 1 aromatic rings. The van der Waals surface area contributed by atoms with Crippen molar-refractivity contribution >= 4 is 21.4 Å². The van der Waals surface area contributed by atoms with Crippen LogP contribution in [0.1, 0.15) is 20.3 Å². The van der Waals surface area contributed by atoms with E-state index in [0.717, 1.165) is 18.0 Å². The van der Waals surface area contributed by atoms with Gasteiger partial charge < -0.3 is 14.5 Å². The van der Waals surface area contributed by atoms with Gasteiger partial charge in [-0.15, -0.1) is 0 Å². The van der Waals surface area contributed by atoms with Crippen LogP contribution in [0.4, 0.5) is 5.69 Å². The lowest BCUT2D eigenvalue weighted by Gasteiger charge is -2.48. The number of methoxy groups -OCH3 is 1. The van der Waals surface area contributed by atoms with Crippen molar-refractivity contribution in [2.75, 3.05) is 37.4 Å². The van der Waals surface area contributed by atoms with E-state index in [0.29, 0.717) is 13.1 Å². The highest BCUT2D eigenvalue weighted by atomic mass is 32.2. The molecule has 142 valence electrons. The van der Waals surface area contributed by atoms with Gasteiger partial charge in [-0.25, -0.2) is 8.42 Å². The zero-order valence-electron chi connectivity index (χ0n) is 15.5. The summed E-state index contributed by atoms with van der Waals surface area (Å²) in [6, 6.07) is 7.95. The van der Waals surface area contributed by atoms with Gasteiger partial charge in [0.25, 0.3) is 0 Å². The number of amides is 1. The number of hydrogen-bond acceptors (Lipinski definition) is 5. The van der Waals surface area contributed by atoms with Crippen LogP contribution < -0.4 is 9.64 Å². The number of piperazine rings is 1. The molecule has 26 heavy (non-hydrogen) atoms. The Labute approximate surface area is 155 Å². The first-order chi connectivity index (χ1) is 12.2. The molecule has 1 unspecified atom stereocenters. The molecule has 2 heterocycles. The van der Waals surface area contributed by atoms with Gasteiger partial charge in [0.15, 0.2) is 9.84 Å². The van der Waals surface area contributed by atoms with Gasteiger partial charge in [-0.3, -0.25) is 4.79 Å². The molecule has 1 aromatic carbocycles. The minimum absolute atomic E-state index is 0.0270. The Morgan fingerprint density at radius 3 is 2.46 bits per heavy atom. The number of ether oxygens (including phenoxy) is 1. The van der Waals surface area contributed by atoms with Gasteiger partial charge in [-0.05, 0) is 38.1 Å². The van der Waals surface area contributed by atoms with Gasteiger partial charge in [-0.2, -0.15) is 0 Å². The van der Waals surface area contributed by atoms with Crippen molar-refractivity contribution in [1.29, 1.82) is 0 Å². The van der Waals surface area contributed by atoms with E-state index in [9.17, 15) is 13.2 Å². The number of carbonyl (C=O) groups excluding carboxylic acids is 1. The highest BCUT2D eigenvalue weighted by molar-refractivity contribution is 7.94. The lowest BCUT2D eigenvalue weighted by Crippen LogP contribution is -2.60. The maximum Gasteiger partial charge on any atom is 0.223 e. The standard InChI is InChI=1S/C19H26N2O4S/c1-19(2)14-20(18(22)12-15-8-11-26(23,24)13-15)9-10-21(19)16-4-6-17(25-3)7-5-16/h4-8,11,15H,9-10,12-14H2,1-3H3. The third-order valence-corrected chi connectivity index (χ3v) is 6.54. The Kier molecular flexibility index (Phi) is 5.01. The molecule has 2 aliphatic heterocycles. The molecule has 6 nitrogen and oxygen atoms in total. The minimum Gasteiger partial charge on any atom is -0.497 e. The van der Waals surface area contributed by atoms with Crippen LogP contribution in [0.3, 0.4) is 0 Å². The van der Waals surface area contributed by atoms with Gasteiger partial charge in [0.1, 0.15) is 5.75 Å². The summed E-state index contributed by atoms with van der Waals surface area (Å²) in [5, 5.41) is 1.23. The van der Waals surface area contributed by atoms with Crippen LogP contribution in [-0.2, 0) is 14.6 Å². The van der Waals surface area contributed by atoms with Gasteiger partial charge >= 0.3 is 0 Å². The van der Waals surface area contributed by atoms with Crippen molar-refractivity contribution < 1.29 is 17.9 Å². The van der Waals surface area contributed by atoms with Gasteiger partial charge in [0.2, 0.25) is 5.91 Å². The Morgan fingerprint density at radius 2 is 1.92 bits per heavy atom. The van der Waals surface area contributed by atoms with E-state index in [1.54, 1.807) is 13.2 Å². The second-order valence-electron chi connectivity index (χ2n) is 7.60. The van der Waals surface area contributed by atoms with Crippen molar-refractivity contribution in [3.05, 3.63) is 35.7 Å². The fourth-order valence-corrected chi connectivity index (χ4v) is 5.13. The summed E-state index contributed by atoms with van der Waals surface area (Å²) in [6.07, 6.45) is 1.90. The Bertz CT molecular complexity index is 799. The molecule has 1 saturated heterocycles. The maximum atomic E-state index is 12.6. The van der Waals surface area contributed by atoms with Crippen LogP contribution in [-0.4, -0.2) is 57.3 Å². The summed E-state index contributed by atoms with van der Waals surface area (Å²) in [7, 11) is -1.47. The average molecular weight is 378 g/mol. The number of rotatable bonds is 4. The lowest BCUT2D eigenvalue weighted by molar-refractivity contribution is -0.133. The predicted molar refractivity (Wildman–Crippen MR) is 102 cm³/mol. The van der Waals surface area contributed by atoms with Gasteiger partial charge in [-0.1, -0.05) is 6.08 Å². The van der Waals surface area contributed by atoms with Crippen LogP contribution in [0, 0.1) is 5.92 Å². The summed E-state index contributed by atoms with van der Waals surface area (Å²) in [4.78, 5) is 16.8. The smallest absolute Gasteiger partial charge is 0.223 e. The van der Waals surface area contributed by atoms with Crippen molar-refractivity contribution in [1.82, 2.24) is 4.90 Å². The van der Waals surface area contributed by atoms with Crippen LogP contribution in [0.2, 0.25) is 0 Å². The number of sulfone groups is 1. The second-order valence-corrected chi connectivity index (χ2v) is 9.53. The summed E-state index contributed by atoms with van der Waals surface area (Å²) in [6.45, 7) is 6.23. The second kappa shape index (κ2) is 6.95. The predicted octanol–water partition coefficient (Wildman–Crippen LogP) is 2.07. The maximum absolute atomic E-state index is 12.6. The molecule has 1 amide bonds. The van der Waals surface area contributed by atoms with Crippen LogP contribution in [0.15, 0.2) is 35.7 Å². The first-order valence-electron chi connectivity index (χ1n) is 8.81. The topological polar surface area (TPSA) is 66.9 Å². The zero-order chi connectivity index (χ0) is 18.9. The Hall–Kier alpha value is -2.02. The molecule has 0 aromatic heterocycles. The highest BCUT2D eigenvalue weighted by Gasteiger charge is 2.36. The third-order valence-electron chi connectivity index (χ3n) is 5.08. The number of benzene rings is 1. The summed E-state index contributed by atoms with van der Waals surface area (Å²) < 4.78 is 28.3. The van der Waals surface area contributed by atoms with Crippen LogP contribution in [0.5, 0.6) is 5.75 Å². The van der Waals surface area contributed by atoms with Gasteiger partial charge in [0, 0.05) is 43.1 Å². The van der Waals surface area contributed by atoms with E-state index < -0.39 is 9.84 Å². The first-order valence-corrected chi connectivity index (χ1v) is 10.5. The molecule has 7 heteroatoms. The zero-order valence-corrected chi connectivity index (χ0v) is 16.3. The normalized spacial score (nSPS) is 23.9. The molecule has 0 N–H and O–H groups in total. The molecule has 0 radical (unpaired) electrons. The molecule has 1 fully saturated rings. The van der Waals surface area contributed by atoms with E-state index in [4.69, 9.17) is 4.74 Å². The summed E-state index contributed by atoms with van der Waals surface area (Å²) in [5.74, 6) is 0.697. The lowest BCUT2D eigenvalue weighted by atomic mass is 9.96. The molecule has 1 atom stereocenters. The number of carbonyl (C=O) groups is 1. The number of nitrogens with zero attached hydrogens (tertiary/aromatic N) is 2. The van der Waals surface area contributed by atoms with E-state index in [-0.39, 0.29) is 29.5 Å². The quantitative estimate of drug-likeness (QED) is 0.802. The molecule has 0 aliphatic carbocycles. The van der Waals surface area contributed by atoms with E-state index in [2.05, 4.69) is 18.7 Å². The molecule has 0 bridgehead atoms.